The fraction of sp³-hybridized carbons (Fsp3) is 0.429. The van der Waals surface area contributed by atoms with Crippen molar-refractivity contribution in [2.75, 3.05) is 12.3 Å². The summed E-state index contributed by atoms with van der Waals surface area (Å²) in [5.41, 5.74) is 8.84. The average molecular weight is 386 g/mol. The van der Waals surface area contributed by atoms with Crippen LogP contribution in [0.25, 0.3) is 0 Å². The van der Waals surface area contributed by atoms with E-state index in [9.17, 15) is 9.59 Å². The highest BCUT2D eigenvalue weighted by Crippen LogP contribution is 2.24. The minimum absolute atomic E-state index is 0.0290. The zero-order valence-corrected chi connectivity index (χ0v) is 16.6. The number of benzene rings is 1. The summed E-state index contributed by atoms with van der Waals surface area (Å²) in [5.74, 6) is -0.0699. The van der Waals surface area contributed by atoms with Crippen molar-refractivity contribution in [1.82, 2.24) is 10.2 Å². The summed E-state index contributed by atoms with van der Waals surface area (Å²) in [5, 5.41) is 5.04. The zero-order valence-electron chi connectivity index (χ0n) is 15.7. The van der Waals surface area contributed by atoms with Gasteiger partial charge in [0.15, 0.2) is 0 Å². The van der Waals surface area contributed by atoms with E-state index in [1.54, 1.807) is 11.3 Å². The van der Waals surface area contributed by atoms with Crippen molar-refractivity contribution >= 4 is 28.8 Å². The molecule has 2 aromatic rings. The number of rotatable bonds is 7. The van der Waals surface area contributed by atoms with Gasteiger partial charge in [0.2, 0.25) is 11.8 Å². The smallest absolute Gasteiger partial charge is 0.245 e. The Hall–Kier alpha value is -2.34. The summed E-state index contributed by atoms with van der Waals surface area (Å²) >= 11 is 1.76. The molecule has 2 amide bonds. The van der Waals surface area contributed by atoms with Crippen LogP contribution in [0, 0.1) is 0 Å². The maximum absolute atomic E-state index is 13.0. The summed E-state index contributed by atoms with van der Waals surface area (Å²) in [7, 11) is 0. The van der Waals surface area contributed by atoms with Gasteiger partial charge in [0.25, 0.3) is 0 Å². The molecule has 6 heteroatoms. The molecule has 0 saturated carbocycles. The molecule has 1 atom stereocenters. The summed E-state index contributed by atoms with van der Waals surface area (Å²) in [6.45, 7) is 3.40. The second-order valence-corrected chi connectivity index (χ2v) is 7.99. The number of anilines is 1. The van der Waals surface area contributed by atoms with E-state index in [0.29, 0.717) is 31.5 Å². The van der Waals surface area contributed by atoms with Crippen molar-refractivity contribution in [3.63, 3.8) is 0 Å². The van der Waals surface area contributed by atoms with Gasteiger partial charge in [-0.3, -0.25) is 9.59 Å². The van der Waals surface area contributed by atoms with Gasteiger partial charge in [0.05, 0.1) is 0 Å². The van der Waals surface area contributed by atoms with E-state index in [4.69, 9.17) is 5.73 Å². The van der Waals surface area contributed by atoms with Crippen LogP contribution < -0.4 is 11.1 Å². The van der Waals surface area contributed by atoms with Gasteiger partial charge in [-0.1, -0.05) is 31.5 Å². The number of para-hydroxylation sites is 1. The van der Waals surface area contributed by atoms with Crippen molar-refractivity contribution in [2.24, 2.45) is 0 Å². The van der Waals surface area contributed by atoms with Crippen LogP contribution in [-0.4, -0.2) is 29.3 Å². The molecule has 1 aliphatic rings. The Kier molecular flexibility index (Phi) is 6.50. The number of nitrogens with zero attached hydrogens (tertiary/aromatic N) is 1. The molecule has 0 aliphatic carbocycles. The Balaban J connectivity index is 1.57. The van der Waals surface area contributed by atoms with E-state index >= 15 is 0 Å². The highest BCUT2D eigenvalue weighted by Gasteiger charge is 2.28. The van der Waals surface area contributed by atoms with Crippen LogP contribution in [0.3, 0.4) is 0 Å². The van der Waals surface area contributed by atoms with Crippen molar-refractivity contribution in [1.29, 1.82) is 0 Å². The van der Waals surface area contributed by atoms with Crippen molar-refractivity contribution in [2.45, 2.75) is 51.6 Å². The van der Waals surface area contributed by atoms with E-state index in [2.05, 4.69) is 16.8 Å². The van der Waals surface area contributed by atoms with Crippen LogP contribution in [-0.2, 0) is 29.0 Å². The molecular formula is C21H27N3O2S. The topological polar surface area (TPSA) is 75.4 Å². The molecule has 1 aromatic heterocycles. The number of carbonyl (C=O) groups is 2. The monoisotopic (exact) mass is 385 g/mol. The number of hydrogen-bond acceptors (Lipinski definition) is 4. The number of carbonyl (C=O) groups excluding carboxylic acids is 2. The minimum Gasteiger partial charge on any atom is -0.399 e. The lowest BCUT2D eigenvalue weighted by atomic mass is 10.0. The second-order valence-electron chi connectivity index (χ2n) is 6.99. The second kappa shape index (κ2) is 9.04. The molecule has 5 nitrogen and oxygen atoms in total. The van der Waals surface area contributed by atoms with Crippen molar-refractivity contribution < 1.29 is 9.59 Å². The van der Waals surface area contributed by atoms with E-state index in [1.807, 2.05) is 36.1 Å². The van der Waals surface area contributed by atoms with Crippen molar-refractivity contribution in [3.8, 4) is 0 Å². The molecule has 0 radical (unpaired) electrons. The summed E-state index contributed by atoms with van der Waals surface area (Å²) < 4.78 is 0. The third-order valence-electron chi connectivity index (χ3n) is 5.01. The molecular weight excluding hydrogens is 358 g/mol. The molecule has 27 heavy (non-hydrogen) atoms. The molecule has 0 bridgehead atoms. The number of nitrogen functional groups attached to an aromatic ring is 1. The van der Waals surface area contributed by atoms with Crippen molar-refractivity contribution in [3.05, 3.63) is 51.7 Å². The summed E-state index contributed by atoms with van der Waals surface area (Å²) in [4.78, 5) is 28.7. The van der Waals surface area contributed by atoms with Gasteiger partial charge >= 0.3 is 0 Å². The van der Waals surface area contributed by atoms with Gasteiger partial charge in [-0.2, -0.15) is 0 Å². The van der Waals surface area contributed by atoms with E-state index < -0.39 is 6.04 Å². The molecule has 144 valence electrons. The van der Waals surface area contributed by atoms with Gasteiger partial charge in [-0.15, -0.1) is 11.3 Å². The first-order chi connectivity index (χ1) is 13.1. The van der Waals surface area contributed by atoms with Crippen LogP contribution in [0.15, 0.2) is 35.7 Å². The Morgan fingerprint density at radius 3 is 2.89 bits per heavy atom. The van der Waals surface area contributed by atoms with Gasteiger partial charge in [-0.05, 0) is 47.9 Å². The zero-order chi connectivity index (χ0) is 19.2. The Morgan fingerprint density at radius 2 is 2.11 bits per heavy atom. The standard InChI is InChI=1S/C21H27N3O2S/c1-2-5-18(21(26)24-12-10-19-16(14-24)11-13-27-19)23-20(25)9-8-15-6-3-4-7-17(15)22/h3-4,6-7,11,13,18H,2,5,8-10,12,14,22H2,1H3,(H,23,25). The van der Waals surface area contributed by atoms with Crippen LogP contribution in [0.1, 0.15) is 42.2 Å². The minimum atomic E-state index is -0.448. The van der Waals surface area contributed by atoms with Gasteiger partial charge in [0.1, 0.15) is 6.04 Å². The maximum atomic E-state index is 13.0. The lowest BCUT2D eigenvalue weighted by molar-refractivity contribution is -0.137. The van der Waals surface area contributed by atoms with E-state index in [1.165, 1.54) is 10.4 Å². The Morgan fingerprint density at radius 1 is 1.30 bits per heavy atom. The lowest BCUT2D eigenvalue weighted by Crippen LogP contribution is -2.49. The molecule has 0 saturated heterocycles. The van der Waals surface area contributed by atoms with Crippen LogP contribution in [0.4, 0.5) is 5.69 Å². The molecule has 3 N–H and O–H groups in total. The number of hydrogen-bond donors (Lipinski definition) is 2. The molecule has 0 spiro atoms. The Labute approximate surface area is 164 Å². The van der Waals surface area contributed by atoms with Crippen LogP contribution in [0.2, 0.25) is 0 Å². The first-order valence-corrected chi connectivity index (χ1v) is 10.4. The number of thiophene rings is 1. The van der Waals surface area contributed by atoms with Gasteiger partial charge < -0.3 is 16.0 Å². The molecule has 0 fully saturated rings. The van der Waals surface area contributed by atoms with Gasteiger partial charge in [0, 0.05) is 30.1 Å². The molecule has 2 heterocycles. The first-order valence-electron chi connectivity index (χ1n) is 9.55. The predicted molar refractivity (Wildman–Crippen MR) is 109 cm³/mol. The number of aryl methyl sites for hydroxylation is 1. The number of fused-ring (bicyclic) bond motifs is 1. The Bertz CT molecular complexity index is 802. The van der Waals surface area contributed by atoms with Crippen LogP contribution >= 0.6 is 11.3 Å². The summed E-state index contributed by atoms with van der Waals surface area (Å²) in [6, 6.07) is 9.22. The van der Waals surface area contributed by atoms with Crippen LogP contribution in [0.5, 0.6) is 0 Å². The normalized spacial score (nSPS) is 14.5. The largest absolute Gasteiger partial charge is 0.399 e. The maximum Gasteiger partial charge on any atom is 0.245 e. The lowest BCUT2D eigenvalue weighted by Gasteiger charge is -2.31. The average Bonchev–Trinajstić information content (AvgIpc) is 3.14. The molecule has 1 aromatic carbocycles. The first kappa shape index (κ1) is 19.4. The quantitative estimate of drug-likeness (QED) is 0.719. The van der Waals surface area contributed by atoms with E-state index in [0.717, 1.165) is 24.9 Å². The fourth-order valence-corrected chi connectivity index (χ4v) is 4.37. The number of amides is 2. The molecule has 1 unspecified atom stereocenters. The third-order valence-corrected chi connectivity index (χ3v) is 6.03. The SMILES string of the molecule is CCCC(NC(=O)CCc1ccccc1N)C(=O)N1CCc2sccc2C1. The third kappa shape index (κ3) is 4.89. The molecule has 3 rings (SSSR count). The summed E-state index contributed by atoms with van der Waals surface area (Å²) in [6.07, 6.45) is 3.31. The number of nitrogens with two attached hydrogens (primary N) is 1. The highest BCUT2D eigenvalue weighted by molar-refractivity contribution is 7.10. The van der Waals surface area contributed by atoms with E-state index in [-0.39, 0.29) is 11.8 Å². The van der Waals surface area contributed by atoms with Gasteiger partial charge in [-0.25, -0.2) is 0 Å². The fourth-order valence-electron chi connectivity index (χ4n) is 3.48. The molecule has 1 aliphatic heterocycles. The predicted octanol–water partition coefficient (Wildman–Crippen LogP) is 3.13. The highest BCUT2D eigenvalue weighted by atomic mass is 32.1. The number of nitrogens with one attached hydrogen (secondary N) is 1.